The van der Waals surface area contributed by atoms with Crippen LogP contribution in [0.15, 0.2) is 24.3 Å². The van der Waals surface area contributed by atoms with Gasteiger partial charge in [-0.05, 0) is 36.5 Å². The Labute approximate surface area is 114 Å². The summed E-state index contributed by atoms with van der Waals surface area (Å²) < 4.78 is 13.2. The molecule has 0 spiro atoms. The van der Waals surface area contributed by atoms with Gasteiger partial charge in [-0.25, -0.2) is 4.39 Å². The molecular formula is C16H22FNO. The summed E-state index contributed by atoms with van der Waals surface area (Å²) in [6.07, 6.45) is 1.84. The van der Waals surface area contributed by atoms with Crippen LogP contribution in [0.2, 0.25) is 0 Å². The zero-order valence-electron chi connectivity index (χ0n) is 11.9. The highest BCUT2D eigenvalue weighted by Crippen LogP contribution is 2.30. The van der Waals surface area contributed by atoms with Crippen LogP contribution in [0.4, 0.5) is 4.39 Å². The van der Waals surface area contributed by atoms with Crippen molar-refractivity contribution in [1.29, 1.82) is 0 Å². The number of piperidine rings is 1. The molecule has 1 saturated heterocycles. The lowest BCUT2D eigenvalue weighted by Gasteiger charge is -2.36. The molecule has 0 aromatic heterocycles. The van der Waals surface area contributed by atoms with Gasteiger partial charge in [-0.3, -0.25) is 4.79 Å². The lowest BCUT2D eigenvalue weighted by atomic mass is 9.87. The number of nitrogens with zero attached hydrogens (tertiary/aromatic N) is 1. The highest BCUT2D eigenvalue weighted by molar-refractivity contribution is 5.81. The molecule has 0 bridgehead atoms. The van der Waals surface area contributed by atoms with E-state index < -0.39 is 0 Å². The maximum absolute atomic E-state index is 13.2. The van der Waals surface area contributed by atoms with E-state index in [2.05, 4.69) is 0 Å². The first-order valence-electron chi connectivity index (χ1n) is 6.93. The minimum Gasteiger partial charge on any atom is -0.342 e. The summed E-state index contributed by atoms with van der Waals surface area (Å²) in [7, 11) is 0. The molecule has 0 saturated carbocycles. The van der Waals surface area contributed by atoms with Crippen LogP contribution in [0.1, 0.15) is 45.1 Å². The Morgan fingerprint density at radius 3 is 2.42 bits per heavy atom. The molecule has 1 aromatic carbocycles. The number of amides is 1. The monoisotopic (exact) mass is 263 g/mol. The van der Waals surface area contributed by atoms with Gasteiger partial charge in [-0.1, -0.05) is 32.9 Å². The van der Waals surface area contributed by atoms with Crippen LogP contribution in [-0.4, -0.2) is 23.9 Å². The van der Waals surface area contributed by atoms with Gasteiger partial charge in [-0.2, -0.15) is 0 Å². The van der Waals surface area contributed by atoms with E-state index in [1.165, 1.54) is 6.07 Å². The van der Waals surface area contributed by atoms with Gasteiger partial charge in [0.1, 0.15) is 5.82 Å². The van der Waals surface area contributed by atoms with Gasteiger partial charge < -0.3 is 4.90 Å². The van der Waals surface area contributed by atoms with Crippen LogP contribution in [-0.2, 0) is 4.79 Å². The average molecular weight is 263 g/mol. The highest BCUT2D eigenvalue weighted by atomic mass is 19.1. The molecule has 1 heterocycles. The number of benzene rings is 1. The summed E-state index contributed by atoms with van der Waals surface area (Å²) >= 11 is 0. The zero-order valence-corrected chi connectivity index (χ0v) is 11.9. The number of rotatable bonds is 1. The van der Waals surface area contributed by atoms with Crippen molar-refractivity contribution in [1.82, 2.24) is 4.90 Å². The van der Waals surface area contributed by atoms with Crippen molar-refractivity contribution in [2.24, 2.45) is 5.41 Å². The summed E-state index contributed by atoms with van der Waals surface area (Å²) in [5, 5.41) is 0. The topological polar surface area (TPSA) is 20.3 Å². The number of likely N-dealkylation sites (tertiary alicyclic amines) is 1. The summed E-state index contributed by atoms with van der Waals surface area (Å²) in [5.74, 6) is 0.413. The summed E-state index contributed by atoms with van der Waals surface area (Å²) in [4.78, 5) is 14.1. The summed E-state index contributed by atoms with van der Waals surface area (Å²) in [6.45, 7) is 7.41. The van der Waals surface area contributed by atoms with Gasteiger partial charge >= 0.3 is 0 Å². The lowest BCUT2D eigenvalue weighted by molar-refractivity contribution is -0.140. The zero-order chi connectivity index (χ0) is 14.0. The SMILES string of the molecule is CC(C)(C)C(=O)N1CCC(c2cccc(F)c2)CC1. The van der Waals surface area contributed by atoms with E-state index in [1.807, 2.05) is 31.7 Å². The van der Waals surface area contributed by atoms with Gasteiger partial charge in [0, 0.05) is 18.5 Å². The molecule has 0 aliphatic carbocycles. The van der Waals surface area contributed by atoms with E-state index >= 15 is 0 Å². The second kappa shape index (κ2) is 5.32. The standard InChI is InChI=1S/C16H22FNO/c1-16(2,3)15(19)18-9-7-12(8-10-18)13-5-4-6-14(17)11-13/h4-6,11-12H,7-10H2,1-3H3. The van der Waals surface area contributed by atoms with Crippen LogP contribution in [0, 0.1) is 11.2 Å². The van der Waals surface area contributed by atoms with E-state index in [0.717, 1.165) is 31.5 Å². The van der Waals surface area contributed by atoms with Crippen molar-refractivity contribution in [2.45, 2.75) is 39.5 Å². The van der Waals surface area contributed by atoms with Crippen LogP contribution >= 0.6 is 0 Å². The summed E-state index contributed by atoms with van der Waals surface area (Å²) in [6, 6.07) is 6.83. The Hall–Kier alpha value is -1.38. The molecule has 1 fully saturated rings. The van der Waals surface area contributed by atoms with Crippen LogP contribution in [0.3, 0.4) is 0 Å². The molecule has 1 aliphatic heterocycles. The molecule has 1 aromatic rings. The van der Waals surface area contributed by atoms with Crippen molar-refractivity contribution < 1.29 is 9.18 Å². The van der Waals surface area contributed by atoms with Gasteiger partial charge in [0.2, 0.25) is 5.91 Å². The number of halogens is 1. The predicted octanol–water partition coefficient (Wildman–Crippen LogP) is 3.58. The number of carbonyl (C=O) groups is 1. The first kappa shape index (κ1) is 14.0. The molecular weight excluding hydrogens is 241 g/mol. The van der Waals surface area contributed by atoms with Crippen molar-refractivity contribution in [3.8, 4) is 0 Å². The number of carbonyl (C=O) groups excluding carboxylic acids is 1. The normalized spacial score (nSPS) is 17.6. The Bertz CT molecular complexity index is 456. The fraction of sp³-hybridized carbons (Fsp3) is 0.562. The van der Waals surface area contributed by atoms with Crippen molar-refractivity contribution in [3.63, 3.8) is 0 Å². The maximum atomic E-state index is 13.2. The molecule has 3 heteroatoms. The molecule has 2 nitrogen and oxygen atoms in total. The fourth-order valence-corrected chi connectivity index (χ4v) is 2.65. The fourth-order valence-electron chi connectivity index (χ4n) is 2.65. The third-order valence-corrected chi connectivity index (χ3v) is 3.74. The van der Waals surface area contributed by atoms with Crippen molar-refractivity contribution in [3.05, 3.63) is 35.6 Å². The first-order chi connectivity index (χ1) is 8.88. The lowest BCUT2D eigenvalue weighted by Crippen LogP contribution is -2.43. The summed E-state index contributed by atoms with van der Waals surface area (Å²) in [5.41, 5.74) is 0.744. The average Bonchev–Trinajstić information content (AvgIpc) is 2.37. The Morgan fingerprint density at radius 2 is 1.89 bits per heavy atom. The first-order valence-corrected chi connectivity index (χ1v) is 6.93. The minimum atomic E-state index is -0.314. The second-order valence-corrected chi connectivity index (χ2v) is 6.37. The molecule has 104 valence electrons. The van der Waals surface area contributed by atoms with Gasteiger partial charge in [0.15, 0.2) is 0 Å². The van der Waals surface area contributed by atoms with Gasteiger partial charge in [0.25, 0.3) is 0 Å². The van der Waals surface area contributed by atoms with Gasteiger partial charge in [-0.15, -0.1) is 0 Å². The molecule has 0 unspecified atom stereocenters. The third-order valence-electron chi connectivity index (χ3n) is 3.74. The molecule has 1 amide bonds. The second-order valence-electron chi connectivity index (χ2n) is 6.37. The molecule has 1 aliphatic rings. The third kappa shape index (κ3) is 3.34. The molecule has 0 N–H and O–H groups in total. The van der Waals surface area contributed by atoms with E-state index in [-0.39, 0.29) is 17.1 Å². The maximum Gasteiger partial charge on any atom is 0.227 e. The Balaban J connectivity index is 1.98. The molecule has 2 rings (SSSR count). The minimum absolute atomic E-state index is 0.175. The van der Waals surface area contributed by atoms with Crippen LogP contribution in [0.5, 0.6) is 0 Å². The van der Waals surface area contributed by atoms with E-state index in [1.54, 1.807) is 12.1 Å². The molecule has 19 heavy (non-hydrogen) atoms. The molecule has 0 atom stereocenters. The Morgan fingerprint density at radius 1 is 1.26 bits per heavy atom. The van der Waals surface area contributed by atoms with Gasteiger partial charge in [0.05, 0.1) is 0 Å². The van der Waals surface area contributed by atoms with E-state index in [9.17, 15) is 9.18 Å². The molecule has 0 radical (unpaired) electrons. The van der Waals surface area contributed by atoms with Crippen LogP contribution in [0.25, 0.3) is 0 Å². The predicted molar refractivity (Wildman–Crippen MR) is 74.4 cm³/mol. The largest absolute Gasteiger partial charge is 0.342 e. The number of hydrogen-bond acceptors (Lipinski definition) is 1. The Kier molecular flexibility index (Phi) is 3.93. The quantitative estimate of drug-likeness (QED) is 0.758. The van der Waals surface area contributed by atoms with Crippen LogP contribution < -0.4 is 0 Å². The van der Waals surface area contributed by atoms with E-state index in [4.69, 9.17) is 0 Å². The van der Waals surface area contributed by atoms with Crippen molar-refractivity contribution in [2.75, 3.05) is 13.1 Å². The number of hydrogen-bond donors (Lipinski definition) is 0. The smallest absolute Gasteiger partial charge is 0.227 e. The van der Waals surface area contributed by atoms with Crippen molar-refractivity contribution >= 4 is 5.91 Å². The highest BCUT2D eigenvalue weighted by Gasteiger charge is 2.30. The van der Waals surface area contributed by atoms with E-state index in [0.29, 0.717) is 5.92 Å².